The number of para-hydroxylation sites is 6. The summed E-state index contributed by atoms with van der Waals surface area (Å²) in [4.78, 5) is 47.7. The van der Waals surface area contributed by atoms with E-state index in [0.29, 0.717) is 43.8 Å². The second kappa shape index (κ2) is 27.2. The zero-order valence-corrected chi connectivity index (χ0v) is 42.8. The largest absolute Gasteiger partial charge is 0.506 e. The van der Waals surface area contributed by atoms with Crippen molar-refractivity contribution in [3.63, 3.8) is 0 Å². The molecule has 0 radical (unpaired) electrons. The molecule has 2 amide bonds. The Kier molecular flexibility index (Phi) is 18.8. The number of carboxylic acid groups (broad SMARTS) is 1. The molecule has 13 nitrogen and oxygen atoms in total. The van der Waals surface area contributed by atoms with Crippen LogP contribution in [0.4, 0.5) is 45.5 Å². The van der Waals surface area contributed by atoms with Gasteiger partial charge < -0.3 is 20.0 Å². The van der Waals surface area contributed by atoms with Crippen molar-refractivity contribution in [2.75, 3.05) is 19.9 Å². The van der Waals surface area contributed by atoms with Gasteiger partial charge in [0.1, 0.15) is 11.3 Å². The quantitative estimate of drug-likeness (QED) is 0.0718. The van der Waals surface area contributed by atoms with E-state index in [1.165, 1.54) is 6.20 Å². The van der Waals surface area contributed by atoms with E-state index in [1.54, 1.807) is 109 Å². The van der Waals surface area contributed by atoms with Gasteiger partial charge in [0.15, 0.2) is 5.69 Å². The number of pyridine rings is 2. The number of aryl methyl sites for hydroxylation is 1. The highest BCUT2D eigenvalue weighted by Gasteiger charge is 2.21. The highest BCUT2D eigenvalue weighted by molar-refractivity contribution is 6.05. The van der Waals surface area contributed by atoms with Gasteiger partial charge in [-0.2, -0.15) is 10.1 Å². The van der Waals surface area contributed by atoms with Crippen molar-refractivity contribution in [1.82, 2.24) is 9.97 Å². The molecule has 0 atom stereocenters. The van der Waals surface area contributed by atoms with Crippen molar-refractivity contribution in [3.8, 4) is 5.75 Å². The Labute approximate surface area is 457 Å². The normalized spacial score (nSPS) is 10.2. The van der Waals surface area contributed by atoms with Crippen molar-refractivity contribution in [3.05, 3.63) is 308 Å². The first-order valence-electron chi connectivity index (χ1n) is 24.9. The maximum Gasteiger partial charge on any atom is 0.356 e. The Morgan fingerprint density at radius 2 is 0.734 bits per heavy atom. The van der Waals surface area contributed by atoms with Crippen LogP contribution in [-0.2, 0) is 0 Å². The van der Waals surface area contributed by atoms with Gasteiger partial charge in [-0.05, 0) is 140 Å². The van der Waals surface area contributed by atoms with E-state index in [-0.39, 0.29) is 11.4 Å². The second-order valence-corrected chi connectivity index (χ2v) is 17.3. The number of aromatic nitrogens is 2. The van der Waals surface area contributed by atoms with Crippen LogP contribution < -0.4 is 19.9 Å². The van der Waals surface area contributed by atoms with Crippen LogP contribution in [0.5, 0.6) is 5.75 Å². The number of carboxylic acids is 1. The molecule has 13 heteroatoms. The molecule has 0 aliphatic carbocycles. The smallest absolute Gasteiger partial charge is 0.356 e. The summed E-state index contributed by atoms with van der Waals surface area (Å²) in [6, 6.07) is 83.9. The lowest BCUT2D eigenvalue weighted by atomic mass is 10.1. The third kappa shape index (κ3) is 14.0. The fourth-order valence-corrected chi connectivity index (χ4v) is 8.25. The molecule has 0 fully saturated rings. The van der Waals surface area contributed by atoms with Crippen LogP contribution in [0.2, 0.25) is 0 Å². The van der Waals surface area contributed by atoms with Crippen molar-refractivity contribution >= 4 is 74.2 Å². The van der Waals surface area contributed by atoms with E-state index in [2.05, 4.69) is 39.1 Å². The van der Waals surface area contributed by atoms with Crippen molar-refractivity contribution < 1.29 is 35.0 Å². The number of amides is 2. The summed E-state index contributed by atoms with van der Waals surface area (Å²) >= 11 is 0. The molecule has 0 saturated heterocycles. The average molecular weight is 1040 g/mol. The number of hydrogen-bond acceptors (Lipinski definition) is 10. The fraction of sp³-hybridized carbons (Fsp3) is 0.0152. The lowest BCUT2D eigenvalue weighted by Crippen LogP contribution is -2.27. The van der Waals surface area contributed by atoms with Crippen molar-refractivity contribution in [2.45, 2.75) is 6.92 Å². The van der Waals surface area contributed by atoms with E-state index in [4.69, 9.17) is 0 Å². The molecular weight excluding hydrogens is 989 g/mol. The molecule has 0 aliphatic rings. The van der Waals surface area contributed by atoms with Gasteiger partial charge in [0.05, 0.1) is 22.7 Å². The second-order valence-electron chi connectivity index (χ2n) is 17.3. The maximum atomic E-state index is 12.0. The Hall–Kier alpha value is -10.7. The number of aromatic carboxylic acids is 1. The number of phenols is 1. The van der Waals surface area contributed by atoms with Gasteiger partial charge in [0, 0.05) is 51.7 Å². The molecule has 11 aromatic rings. The number of hydrogen-bond donors (Lipinski definition) is 4. The number of hydroxylamine groups is 2. The summed E-state index contributed by atoms with van der Waals surface area (Å²) in [6.07, 6.45) is 3.18. The minimum absolute atomic E-state index is 0.0233. The number of nitrogens with zero attached hydrogens (tertiary/aromatic N) is 6. The van der Waals surface area contributed by atoms with Crippen LogP contribution in [0, 0.1) is 6.92 Å². The number of fused-ring (bicyclic) bond motifs is 1. The summed E-state index contributed by atoms with van der Waals surface area (Å²) in [7, 11) is 0. The van der Waals surface area contributed by atoms with Gasteiger partial charge in [0.2, 0.25) is 0 Å². The molecule has 11 rings (SSSR count). The number of carbonyl (C=O) groups excluding carboxylic acids is 2. The summed E-state index contributed by atoms with van der Waals surface area (Å²) in [5, 5.41) is 41.4. The van der Waals surface area contributed by atoms with Gasteiger partial charge in [0.25, 0.3) is 11.8 Å². The zero-order chi connectivity index (χ0) is 55.3. The van der Waals surface area contributed by atoms with E-state index >= 15 is 0 Å². The molecule has 2 heterocycles. The number of benzene rings is 9. The van der Waals surface area contributed by atoms with Crippen LogP contribution in [0.15, 0.2) is 285 Å². The fourth-order valence-electron chi connectivity index (χ4n) is 8.25. The lowest BCUT2D eigenvalue weighted by molar-refractivity contribution is 0.0690. The molecule has 0 unspecified atom stereocenters. The molecule has 0 saturated carbocycles. The minimum atomic E-state index is -1.05. The van der Waals surface area contributed by atoms with E-state index in [0.717, 1.165) is 39.4 Å². The Balaban J connectivity index is 0.000000141. The van der Waals surface area contributed by atoms with Gasteiger partial charge >= 0.3 is 5.97 Å². The Morgan fingerprint density at radius 3 is 1.19 bits per heavy atom. The molecule has 9 aromatic carbocycles. The highest BCUT2D eigenvalue weighted by Crippen LogP contribution is 2.40. The predicted molar refractivity (Wildman–Crippen MR) is 312 cm³/mol. The lowest BCUT2D eigenvalue weighted by Gasteiger charge is -2.26. The number of aromatic hydroxyl groups is 1. The Bertz CT molecular complexity index is 3620. The van der Waals surface area contributed by atoms with Gasteiger partial charge in [-0.3, -0.25) is 25.0 Å². The summed E-state index contributed by atoms with van der Waals surface area (Å²) in [5.74, 6) is -1.73. The van der Waals surface area contributed by atoms with Gasteiger partial charge in [-0.15, -0.1) is 0 Å². The van der Waals surface area contributed by atoms with Crippen LogP contribution in [-0.4, -0.2) is 48.4 Å². The number of rotatable bonds is 11. The predicted octanol–water partition coefficient (Wildman–Crippen LogP) is 15.4. The molecule has 0 aliphatic heterocycles. The van der Waals surface area contributed by atoms with Gasteiger partial charge in [-0.1, -0.05) is 146 Å². The maximum absolute atomic E-state index is 12.0. The standard InChI is InChI=1S/C21H16N2O.C18H14N2O2.C14H13NO2.C13H11NO2/c24-20-14-13-19(18-12-7-15-22-21(18)20)23(16-8-3-1-4-9-16)17-10-5-2-6-11-17;21-18(22)17-16(12-7-13-19-17)20(14-8-3-1-4-9-14)15-10-5-2-6-11-15;1-11-7-5-6-10-13(11)15(17)14(16)12-8-3-2-4-9-12;15-13(11-7-3-1-4-8-11)14(16)12-9-5-2-6-10-12/h1-15,24H;1-13H,(H,21,22);2-10,17H,1H3;1-10,16H. The molecule has 4 N–H and O–H groups in total. The summed E-state index contributed by atoms with van der Waals surface area (Å²) in [5.41, 5.74) is 8.72. The molecule has 390 valence electrons. The molecule has 0 bridgehead atoms. The Morgan fingerprint density at radius 1 is 0.367 bits per heavy atom. The third-order valence-corrected chi connectivity index (χ3v) is 12.0. The van der Waals surface area contributed by atoms with Crippen LogP contribution in [0.3, 0.4) is 0 Å². The number of phenolic OH excluding ortho intramolecular Hbond substituents is 1. The van der Waals surface area contributed by atoms with Crippen LogP contribution in [0.25, 0.3) is 10.9 Å². The topological polar surface area (TPSA) is 171 Å². The van der Waals surface area contributed by atoms with E-state index < -0.39 is 17.8 Å². The first kappa shape index (κ1) is 54.5. The van der Waals surface area contributed by atoms with E-state index in [1.807, 2.05) is 157 Å². The average Bonchev–Trinajstić information content (AvgIpc) is 3.54. The summed E-state index contributed by atoms with van der Waals surface area (Å²) < 4.78 is 0. The molecule has 0 spiro atoms. The summed E-state index contributed by atoms with van der Waals surface area (Å²) in [6.45, 7) is 1.84. The van der Waals surface area contributed by atoms with Crippen molar-refractivity contribution in [1.29, 1.82) is 0 Å². The molecule has 2 aromatic heterocycles. The first-order chi connectivity index (χ1) is 38.6. The van der Waals surface area contributed by atoms with Gasteiger partial charge in [-0.25, -0.2) is 9.78 Å². The van der Waals surface area contributed by atoms with Crippen molar-refractivity contribution in [2.24, 2.45) is 0 Å². The molecule has 79 heavy (non-hydrogen) atoms. The molecular formula is C66H54N6O7. The first-order valence-corrected chi connectivity index (χ1v) is 24.9. The number of anilines is 8. The minimum Gasteiger partial charge on any atom is -0.506 e. The highest BCUT2D eigenvalue weighted by atomic mass is 16.5. The SMILES string of the molecule is Cc1ccccc1N(O)C(=O)c1ccccc1.O=C(O)c1ncccc1N(c1ccccc1)c1ccccc1.O=C(c1ccccc1)N(O)c1ccccc1.Oc1ccc(N(c2ccccc2)c2ccccc2)c2cccnc12. The van der Waals surface area contributed by atoms with Crippen LogP contribution in [0.1, 0.15) is 36.8 Å². The zero-order valence-electron chi connectivity index (χ0n) is 42.8. The third-order valence-electron chi connectivity index (χ3n) is 12.0. The van der Waals surface area contributed by atoms with Crippen LogP contribution >= 0.6 is 0 Å². The number of carbonyl (C=O) groups is 3. The van der Waals surface area contributed by atoms with E-state index in [9.17, 15) is 35.0 Å². The monoisotopic (exact) mass is 1040 g/mol.